The molecule has 4 atom stereocenters. The number of nitrogens with one attached hydrogen (secondary N) is 1. The summed E-state index contributed by atoms with van der Waals surface area (Å²) in [5, 5.41) is 3.65. The maximum Gasteiger partial charge on any atom is 0.410 e. The maximum atomic E-state index is 15.0. The van der Waals surface area contributed by atoms with Crippen LogP contribution in [-0.4, -0.2) is 95.1 Å². The molecule has 1 saturated heterocycles. The van der Waals surface area contributed by atoms with Crippen LogP contribution in [0, 0.1) is 11.8 Å². The lowest BCUT2D eigenvalue weighted by Gasteiger charge is -2.44. The minimum Gasteiger partial charge on any atom is -0.497 e. The van der Waals surface area contributed by atoms with E-state index in [-0.39, 0.29) is 54.0 Å². The van der Waals surface area contributed by atoms with Crippen molar-refractivity contribution in [3.8, 4) is 17.2 Å². The molecule has 4 aromatic carbocycles. The van der Waals surface area contributed by atoms with E-state index in [0.29, 0.717) is 61.5 Å². The number of rotatable bonds is 13. The predicted molar refractivity (Wildman–Crippen MR) is 250 cm³/mol. The second-order valence-corrected chi connectivity index (χ2v) is 21.3. The molecule has 4 aromatic rings. The Morgan fingerprint density at radius 3 is 2.20 bits per heavy atom. The molecule has 8 rings (SSSR count). The van der Waals surface area contributed by atoms with E-state index in [1.807, 2.05) is 75.4 Å². The van der Waals surface area contributed by atoms with Crippen molar-refractivity contribution in [2.45, 2.75) is 94.3 Å². The summed E-state index contributed by atoms with van der Waals surface area (Å²) in [6, 6.07) is 26.0. The molecule has 2 heterocycles. The Labute approximate surface area is 388 Å². The number of sulfonamides is 1. The molecule has 15 heteroatoms. The van der Waals surface area contributed by atoms with Gasteiger partial charge in [0, 0.05) is 49.7 Å². The highest BCUT2D eigenvalue weighted by molar-refractivity contribution is 7.89. The summed E-state index contributed by atoms with van der Waals surface area (Å²) in [5.41, 5.74) is 3.82. The number of hydrogen-bond acceptors (Lipinski definition) is 10. The highest BCUT2D eigenvalue weighted by Crippen LogP contribution is 2.47. The van der Waals surface area contributed by atoms with Crippen molar-refractivity contribution in [3.05, 3.63) is 112 Å². The first-order chi connectivity index (χ1) is 31.1. The zero-order chi connectivity index (χ0) is 45.9. The molecule has 13 nitrogen and oxygen atoms in total. The van der Waals surface area contributed by atoms with E-state index >= 15 is 8.42 Å². The lowest BCUT2D eigenvalue weighted by atomic mass is 9.69. The van der Waals surface area contributed by atoms with Gasteiger partial charge in [-0.25, -0.2) is 18.0 Å². The van der Waals surface area contributed by atoms with Gasteiger partial charge in [0.25, 0.3) is 0 Å². The largest absolute Gasteiger partial charge is 0.497 e. The number of nitrogens with zero attached hydrogens (tertiary/aromatic N) is 3. The average Bonchev–Trinajstić information content (AvgIpc) is 3.69. The van der Waals surface area contributed by atoms with Crippen molar-refractivity contribution in [2.24, 2.45) is 11.8 Å². The van der Waals surface area contributed by atoms with Gasteiger partial charge in [0.05, 0.1) is 44.1 Å². The van der Waals surface area contributed by atoms with Crippen molar-refractivity contribution in [2.75, 3.05) is 58.5 Å². The van der Waals surface area contributed by atoms with E-state index in [1.54, 1.807) is 37.3 Å². The second kappa shape index (κ2) is 19.3. The summed E-state index contributed by atoms with van der Waals surface area (Å²) >= 11 is 6.53. The summed E-state index contributed by atoms with van der Waals surface area (Å²) in [6.45, 7) is 8.54. The summed E-state index contributed by atoms with van der Waals surface area (Å²) in [4.78, 5) is 29.8. The molecule has 2 aliphatic heterocycles. The first kappa shape index (κ1) is 46.4. The molecule has 2 fully saturated rings. The van der Waals surface area contributed by atoms with E-state index in [2.05, 4.69) is 22.3 Å². The smallest absolute Gasteiger partial charge is 0.410 e. The normalized spacial score (nSPS) is 21.7. The lowest BCUT2D eigenvalue weighted by Crippen LogP contribution is -2.49. The van der Waals surface area contributed by atoms with Gasteiger partial charge in [0.15, 0.2) is 0 Å². The number of ether oxygens (including phenoxy) is 5. The van der Waals surface area contributed by atoms with Gasteiger partial charge in [0.1, 0.15) is 22.8 Å². The minimum absolute atomic E-state index is 0.111. The average molecular weight is 930 g/mol. The van der Waals surface area contributed by atoms with Crippen molar-refractivity contribution < 1.29 is 41.7 Å². The van der Waals surface area contributed by atoms with Gasteiger partial charge < -0.3 is 38.8 Å². The molecule has 1 N–H and O–H groups in total. The van der Waals surface area contributed by atoms with Crippen LogP contribution >= 0.6 is 11.6 Å². The van der Waals surface area contributed by atoms with Crippen LogP contribution in [0.3, 0.4) is 0 Å². The third-order valence-corrected chi connectivity index (χ3v) is 15.3. The fourth-order valence-electron chi connectivity index (χ4n) is 9.64. The number of anilines is 1. The fraction of sp³-hybridized carbons (Fsp3) is 0.480. The number of halogens is 1. The van der Waals surface area contributed by atoms with Crippen LogP contribution in [0.1, 0.15) is 75.1 Å². The highest BCUT2D eigenvalue weighted by atomic mass is 35.5. The molecule has 0 unspecified atom stereocenters. The third-order valence-electron chi connectivity index (χ3n) is 13.3. The van der Waals surface area contributed by atoms with Crippen LogP contribution in [0.15, 0.2) is 89.8 Å². The van der Waals surface area contributed by atoms with Gasteiger partial charge in [0.2, 0.25) is 10.0 Å². The van der Waals surface area contributed by atoms with Crippen molar-refractivity contribution in [1.82, 2.24) is 14.5 Å². The van der Waals surface area contributed by atoms with E-state index < -0.39 is 21.7 Å². The number of aryl methyl sites for hydroxylation is 1. The quantitative estimate of drug-likeness (QED) is 0.138. The van der Waals surface area contributed by atoms with Crippen LogP contribution in [0.25, 0.3) is 0 Å². The van der Waals surface area contributed by atoms with Gasteiger partial charge in [-0.3, -0.25) is 0 Å². The predicted octanol–water partition coefficient (Wildman–Crippen LogP) is 8.98. The lowest BCUT2D eigenvalue weighted by molar-refractivity contribution is 0.0288. The Morgan fingerprint density at radius 2 is 1.57 bits per heavy atom. The Kier molecular flexibility index (Phi) is 13.8. The Balaban J connectivity index is 1.04. The number of carbonyl (C=O) groups excluding carboxylic acids is 2. The van der Waals surface area contributed by atoms with Crippen molar-refractivity contribution >= 4 is 39.5 Å². The molecule has 0 aromatic heterocycles. The molecule has 2 amide bonds. The van der Waals surface area contributed by atoms with Gasteiger partial charge in [-0.15, -0.1) is 0 Å². The standard InChI is InChI=1S/C50H61ClN4O9S/c1-49(2,3)64-48(57)53-24-22-40(30-53)52-47(56)62-31-38-13-12-37(38)29-54-32-50(23-6-7-36-25-39(51)14-20-44(36)50)33-63-46-21-19-43(26-45(46)54)65(58,59)55(27-34-8-15-41(60-4)16-9-34)28-35-10-17-42(61-5)18-11-35/h8-11,14-21,25-26,37-38,40H,6-7,12-13,22-24,27-33H2,1-5H3,(H,52,56)/t37-,38-,40+,50-/m0/s1. The first-order valence-corrected chi connectivity index (χ1v) is 24.4. The van der Waals surface area contributed by atoms with Crippen LogP contribution in [0.2, 0.25) is 5.02 Å². The summed E-state index contributed by atoms with van der Waals surface area (Å²) in [6.07, 6.45) is 4.36. The topological polar surface area (TPSA) is 136 Å². The zero-order valence-electron chi connectivity index (χ0n) is 38.0. The molecule has 0 bridgehead atoms. The first-order valence-electron chi connectivity index (χ1n) is 22.6. The van der Waals surface area contributed by atoms with Gasteiger partial charge in [-0.05, 0) is 148 Å². The molecule has 2 aliphatic carbocycles. The molecule has 1 spiro atoms. The number of fused-ring (bicyclic) bond motifs is 3. The van der Waals surface area contributed by atoms with E-state index in [9.17, 15) is 9.59 Å². The van der Waals surface area contributed by atoms with Crippen LogP contribution in [-0.2, 0) is 44.4 Å². The summed E-state index contributed by atoms with van der Waals surface area (Å²) < 4.78 is 60.4. The highest BCUT2D eigenvalue weighted by Gasteiger charge is 2.44. The van der Waals surface area contributed by atoms with Crippen LogP contribution in [0.4, 0.5) is 15.3 Å². The number of benzene rings is 4. The molecular formula is C50H61ClN4O9S. The molecule has 348 valence electrons. The summed E-state index contributed by atoms with van der Waals surface area (Å²) in [5.74, 6) is 2.29. The molecule has 65 heavy (non-hydrogen) atoms. The van der Waals surface area contributed by atoms with Gasteiger partial charge >= 0.3 is 12.2 Å². The van der Waals surface area contributed by atoms with E-state index in [1.165, 1.54) is 15.4 Å². The van der Waals surface area contributed by atoms with Gasteiger partial charge in [-0.2, -0.15) is 4.31 Å². The molecule has 0 radical (unpaired) electrons. The van der Waals surface area contributed by atoms with Crippen molar-refractivity contribution in [1.29, 1.82) is 0 Å². The second-order valence-electron chi connectivity index (χ2n) is 19.0. The Bertz CT molecular complexity index is 2400. The number of hydrogen-bond donors (Lipinski definition) is 1. The maximum absolute atomic E-state index is 15.0. The minimum atomic E-state index is -4.08. The SMILES string of the molecule is COc1ccc(CN(Cc2ccc(OC)cc2)S(=O)(=O)c2ccc3c(c2)N(C[C@@H]2CC[C@H]2COC(=O)N[C@@H]2CCN(C(=O)OC(C)(C)C)C2)C[C@@]2(CCCc4cc(Cl)ccc42)CO3)cc1. The summed E-state index contributed by atoms with van der Waals surface area (Å²) in [7, 11) is -0.875. The van der Waals surface area contributed by atoms with Crippen LogP contribution in [0.5, 0.6) is 17.2 Å². The number of carbonyl (C=O) groups is 2. The molecule has 4 aliphatic rings. The number of alkyl carbamates (subject to hydrolysis) is 1. The van der Waals surface area contributed by atoms with Crippen LogP contribution < -0.4 is 24.4 Å². The molecular weight excluding hydrogens is 868 g/mol. The van der Waals surface area contributed by atoms with E-state index in [4.69, 9.17) is 35.3 Å². The molecule has 1 saturated carbocycles. The Morgan fingerprint density at radius 1 is 0.892 bits per heavy atom. The van der Waals surface area contributed by atoms with Gasteiger partial charge in [-0.1, -0.05) is 41.9 Å². The fourth-order valence-corrected chi connectivity index (χ4v) is 11.3. The van der Waals surface area contributed by atoms with Crippen molar-refractivity contribution in [3.63, 3.8) is 0 Å². The Hall–Kier alpha value is -5.18. The number of amides is 2. The van der Waals surface area contributed by atoms with E-state index in [0.717, 1.165) is 48.9 Å². The third kappa shape index (κ3) is 10.8. The number of likely N-dealkylation sites (tertiary alicyclic amines) is 1. The number of methoxy groups -OCH3 is 2. The zero-order valence-corrected chi connectivity index (χ0v) is 39.6. The monoisotopic (exact) mass is 928 g/mol.